The van der Waals surface area contributed by atoms with E-state index in [0.717, 1.165) is 18.5 Å². The predicted octanol–water partition coefficient (Wildman–Crippen LogP) is 5.70. The number of hydrogen-bond acceptors (Lipinski definition) is 1. The second-order valence-corrected chi connectivity index (χ2v) is 7.42. The molecule has 1 unspecified atom stereocenters. The third-order valence-corrected chi connectivity index (χ3v) is 6.28. The molecule has 0 heterocycles. The summed E-state index contributed by atoms with van der Waals surface area (Å²) in [7, 11) is 0. The minimum atomic E-state index is -0.218. The zero-order valence-corrected chi connectivity index (χ0v) is 14.5. The Kier molecular flexibility index (Phi) is 2.59. The van der Waals surface area contributed by atoms with Gasteiger partial charge in [-0.3, -0.25) is 0 Å². The Balaban J connectivity index is 1.86. The summed E-state index contributed by atoms with van der Waals surface area (Å²) in [5, 5.41) is 0. The van der Waals surface area contributed by atoms with Gasteiger partial charge in [-0.1, -0.05) is 72.8 Å². The second kappa shape index (κ2) is 4.76. The van der Waals surface area contributed by atoms with Gasteiger partial charge in [0.1, 0.15) is 0 Å². The maximum Gasteiger partial charge on any atom is 0.0723 e. The Labute approximate surface area is 153 Å². The van der Waals surface area contributed by atoms with Crippen molar-refractivity contribution in [3.63, 3.8) is 0 Å². The van der Waals surface area contributed by atoms with Crippen molar-refractivity contribution in [2.75, 3.05) is 5.73 Å². The van der Waals surface area contributed by atoms with Crippen LogP contribution in [0.3, 0.4) is 0 Å². The molecule has 0 aromatic heterocycles. The first kappa shape index (κ1) is 14.1. The van der Waals surface area contributed by atoms with Gasteiger partial charge in [0.05, 0.1) is 5.41 Å². The van der Waals surface area contributed by atoms with Crippen LogP contribution in [-0.4, -0.2) is 0 Å². The molecule has 0 aliphatic heterocycles. The molecule has 0 radical (unpaired) electrons. The maximum absolute atomic E-state index is 6.49. The van der Waals surface area contributed by atoms with Crippen molar-refractivity contribution in [3.8, 4) is 11.1 Å². The number of hydrogen-bond donors (Lipinski definition) is 1. The highest BCUT2D eigenvalue weighted by Gasteiger charge is 2.53. The number of nitrogens with two attached hydrogens (primary N) is 1. The van der Waals surface area contributed by atoms with E-state index in [4.69, 9.17) is 5.73 Å². The summed E-state index contributed by atoms with van der Waals surface area (Å²) in [4.78, 5) is 0. The minimum absolute atomic E-state index is 0.218. The van der Waals surface area contributed by atoms with Gasteiger partial charge in [0.2, 0.25) is 0 Å². The molecule has 26 heavy (non-hydrogen) atoms. The molecule has 3 aromatic carbocycles. The molecule has 0 bridgehead atoms. The summed E-state index contributed by atoms with van der Waals surface area (Å²) in [6.45, 7) is 0. The molecule has 6 rings (SSSR count). The second-order valence-electron chi connectivity index (χ2n) is 7.42. The van der Waals surface area contributed by atoms with E-state index >= 15 is 0 Å². The summed E-state index contributed by atoms with van der Waals surface area (Å²) in [6.07, 6.45) is 7.11. The summed E-state index contributed by atoms with van der Waals surface area (Å²) in [5.41, 5.74) is 18.0. The van der Waals surface area contributed by atoms with Gasteiger partial charge in [-0.25, -0.2) is 0 Å². The van der Waals surface area contributed by atoms with Crippen LogP contribution in [0.15, 0.2) is 84.5 Å². The normalized spacial score (nSPS) is 21.5. The predicted molar refractivity (Wildman–Crippen MR) is 108 cm³/mol. The molecular formula is C25H19N. The van der Waals surface area contributed by atoms with Crippen LogP contribution < -0.4 is 5.73 Å². The Hall–Kier alpha value is -3.06. The number of fused-ring (bicyclic) bond motifs is 10. The largest absolute Gasteiger partial charge is 0.398 e. The van der Waals surface area contributed by atoms with Crippen molar-refractivity contribution < 1.29 is 0 Å². The third kappa shape index (κ3) is 1.44. The summed E-state index contributed by atoms with van der Waals surface area (Å²) in [5.74, 6) is 0. The molecule has 124 valence electrons. The molecule has 1 heteroatoms. The van der Waals surface area contributed by atoms with Crippen LogP contribution in [0, 0.1) is 0 Å². The fraction of sp³-hybridized carbons (Fsp3) is 0.120. The lowest BCUT2D eigenvalue weighted by Gasteiger charge is -2.31. The Bertz CT molecular complexity index is 1150. The van der Waals surface area contributed by atoms with Crippen molar-refractivity contribution in [3.05, 3.63) is 107 Å². The molecule has 0 fully saturated rings. The van der Waals surface area contributed by atoms with Crippen LogP contribution >= 0.6 is 0 Å². The molecule has 1 spiro atoms. The molecular weight excluding hydrogens is 314 g/mol. The molecule has 3 aromatic rings. The van der Waals surface area contributed by atoms with Gasteiger partial charge in [0.15, 0.2) is 0 Å². The molecule has 1 nitrogen and oxygen atoms in total. The van der Waals surface area contributed by atoms with Gasteiger partial charge >= 0.3 is 0 Å². The van der Waals surface area contributed by atoms with Gasteiger partial charge in [0, 0.05) is 11.3 Å². The SMILES string of the molecule is Nc1cccc2c1-c1ccccc1C21C2=CCCC=C2c2ccccc21. The average molecular weight is 333 g/mol. The maximum atomic E-state index is 6.49. The van der Waals surface area contributed by atoms with Gasteiger partial charge in [-0.05, 0) is 57.9 Å². The van der Waals surface area contributed by atoms with Crippen LogP contribution in [0.2, 0.25) is 0 Å². The first-order valence-corrected chi connectivity index (χ1v) is 9.33. The van der Waals surface area contributed by atoms with E-state index in [1.54, 1.807) is 0 Å². The zero-order valence-electron chi connectivity index (χ0n) is 14.5. The van der Waals surface area contributed by atoms with Crippen LogP contribution in [0.4, 0.5) is 5.69 Å². The lowest BCUT2D eigenvalue weighted by Crippen LogP contribution is -2.26. The molecule has 0 saturated heterocycles. The smallest absolute Gasteiger partial charge is 0.0723 e. The molecule has 1 atom stereocenters. The van der Waals surface area contributed by atoms with E-state index < -0.39 is 0 Å². The van der Waals surface area contributed by atoms with Crippen molar-refractivity contribution in [2.24, 2.45) is 0 Å². The van der Waals surface area contributed by atoms with Gasteiger partial charge in [-0.2, -0.15) is 0 Å². The summed E-state index contributed by atoms with van der Waals surface area (Å²) in [6, 6.07) is 24.1. The Morgan fingerprint density at radius 2 is 1.31 bits per heavy atom. The molecule has 2 N–H and O–H groups in total. The molecule has 3 aliphatic carbocycles. The fourth-order valence-corrected chi connectivity index (χ4v) is 5.41. The van der Waals surface area contributed by atoms with Crippen molar-refractivity contribution in [1.29, 1.82) is 0 Å². The van der Waals surface area contributed by atoms with E-state index in [1.165, 1.54) is 44.5 Å². The fourth-order valence-electron chi connectivity index (χ4n) is 5.41. The van der Waals surface area contributed by atoms with Gasteiger partial charge in [0.25, 0.3) is 0 Å². The van der Waals surface area contributed by atoms with Crippen molar-refractivity contribution >= 4 is 11.3 Å². The lowest BCUT2D eigenvalue weighted by molar-refractivity contribution is 0.782. The third-order valence-electron chi connectivity index (χ3n) is 6.28. The van der Waals surface area contributed by atoms with E-state index in [2.05, 4.69) is 72.8 Å². The van der Waals surface area contributed by atoms with Crippen molar-refractivity contribution in [2.45, 2.75) is 18.3 Å². The summed E-state index contributed by atoms with van der Waals surface area (Å²) < 4.78 is 0. The van der Waals surface area contributed by atoms with Crippen LogP contribution in [0.5, 0.6) is 0 Å². The van der Waals surface area contributed by atoms with Gasteiger partial charge < -0.3 is 5.73 Å². The standard InChI is InChI=1S/C25H19N/c26-23-15-7-14-22-24(23)18-10-3-6-13-21(18)25(22)19-11-4-1-8-16(19)17-9-2-5-12-20(17)25/h1,3-4,6-15H,2,5,26H2. The van der Waals surface area contributed by atoms with E-state index in [0.29, 0.717) is 0 Å². The highest BCUT2D eigenvalue weighted by atomic mass is 14.6. The minimum Gasteiger partial charge on any atom is -0.398 e. The number of anilines is 1. The summed E-state index contributed by atoms with van der Waals surface area (Å²) >= 11 is 0. The van der Waals surface area contributed by atoms with Crippen LogP contribution in [-0.2, 0) is 5.41 Å². The number of nitrogen functional groups attached to an aromatic ring is 1. The first-order chi connectivity index (χ1) is 12.8. The lowest BCUT2D eigenvalue weighted by atomic mass is 9.69. The van der Waals surface area contributed by atoms with Crippen LogP contribution in [0.25, 0.3) is 16.7 Å². The Morgan fingerprint density at radius 1 is 0.654 bits per heavy atom. The highest BCUT2D eigenvalue weighted by Crippen LogP contribution is 2.64. The van der Waals surface area contributed by atoms with E-state index in [-0.39, 0.29) is 5.41 Å². The Morgan fingerprint density at radius 3 is 2.15 bits per heavy atom. The first-order valence-electron chi connectivity index (χ1n) is 9.33. The molecule has 3 aliphatic rings. The number of benzene rings is 3. The van der Waals surface area contributed by atoms with Gasteiger partial charge in [-0.15, -0.1) is 0 Å². The van der Waals surface area contributed by atoms with Crippen molar-refractivity contribution in [1.82, 2.24) is 0 Å². The van der Waals surface area contributed by atoms with E-state index in [1.807, 2.05) is 6.07 Å². The van der Waals surface area contributed by atoms with E-state index in [9.17, 15) is 0 Å². The molecule has 0 saturated carbocycles. The number of rotatable bonds is 0. The quantitative estimate of drug-likeness (QED) is 0.525. The monoisotopic (exact) mass is 333 g/mol. The highest BCUT2D eigenvalue weighted by molar-refractivity contribution is 6.02. The topological polar surface area (TPSA) is 26.0 Å². The number of allylic oxidation sites excluding steroid dienone is 4. The average Bonchev–Trinajstić information content (AvgIpc) is 3.16. The molecule has 0 amide bonds. The zero-order chi connectivity index (χ0) is 17.3. The van der Waals surface area contributed by atoms with Crippen LogP contribution in [0.1, 0.15) is 35.1 Å².